The van der Waals surface area contributed by atoms with Gasteiger partial charge >= 0.3 is 0 Å². The van der Waals surface area contributed by atoms with Gasteiger partial charge in [-0.15, -0.1) is 0 Å². The summed E-state index contributed by atoms with van der Waals surface area (Å²) in [5.41, 5.74) is 1.08. The maximum absolute atomic E-state index is 9.05. The number of hydrogen-bond acceptors (Lipinski definition) is 3. The van der Waals surface area contributed by atoms with Crippen molar-refractivity contribution in [3.8, 4) is 5.75 Å². The van der Waals surface area contributed by atoms with Crippen molar-refractivity contribution >= 4 is 0 Å². The van der Waals surface area contributed by atoms with Crippen LogP contribution in [0.4, 0.5) is 0 Å². The largest absolute Gasteiger partial charge is 0.493 e. The average molecular weight is 212 g/mol. The van der Waals surface area contributed by atoms with E-state index >= 15 is 0 Å². The fraction of sp³-hybridized carbons (Fsp3) is 0.727. The number of aliphatic hydroxyl groups is 1. The van der Waals surface area contributed by atoms with Crippen LogP contribution in [0.25, 0.3) is 0 Å². The minimum atomic E-state index is 0.195. The van der Waals surface area contributed by atoms with E-state index in [0.29, 0.717) is 0 Å². The van der Waals surface area contributed by atoms with E-state index in [0.717, 1.165) is 30.8 Å². The summed E-state index contributed by atoms with van der Waals surface area (Å²) in [6.07, 6.45) is 3.60. The Balaban J connectivity index is 2.84. The quantitative estimate of drug-likeness (QED) is 0.776. The van der Waals surface area contributed by atoms with Gasteiger partial charge < -0.3 is 9.84 Å². The van der Waals surface area contributed by atoms with Gasteiger partial charge in [0.15, 0.2) is 5.75 Å². The van der Waals surface area contributed by atoms with E-state index in [1.807, 2.05) is 11.6 Å². The zero-order valence-corrected chi connectivity index (χ0v) is 9.73. The molecule has 1 unspecified atom stereocenters. The van der Waals surface area contributed by atoms with Crippen molar-refractivity contribution in [1.29, 1.82) is 0 Å². The molecule has 0 amide bonds. The molecule has 0 aliphatic heterocycles. The molecule has 0 spiro atoms. The zero-order valence-electron chi connectivity index (χ0n) is 9.73. The Hall–Kier alpha value is -1.03. The molecular formula is C11H20N2O2. The third-order valence-electron chi connectivity index (χ3n) is 2.42. The molecule has 1 atom stereocenters. The molecule has 0 saturated heterocycles. The van der Waals surface area contributed by atoms with Crippen LogP contribution < -0.4 is 4.74 Å². The molecular weight excluding hydrogens is 192 g/mol. The predicted octanol–water partition coefficient (Wildman–Crippen LogP) is 1.47. The van der Waals surface area contributed by atoms with Crippen molar-refractivity contribution < 1.29 is 9.84 Å². The molecule has 1 aromatic rings. The molecule has 0 aliphatic carbocycles. The van der Waals surface area contributed by atoms with Crippen LogP contribution in [0.3, 0.4) is 0 Å². The summed E-state index contributed by atoms with van der Waals surface area (Å²) in [7, 11) is 1.65. The Labute approximate surface area is 90.9 Å². The monoisotopic (exact) mass is 212 g/mol. The number of aromatic nitrogens is 2. The maximum atomic E-state index is 9.05. The number of hydrogen-bond donors (Lipinski definition) is 1. The van der Waals surface area contributed by atoms with Crippen molar-refractivity contribution in [3.05, 3.63) is 11.9 Å². The Bertz CT molecular complexity index is 297. The highest BCUT2D eigenvalue weighted by atomic mass is 16.5. The van der Waals surface area contributed by atoms with Gasteiger partial charge in [-0.05, 0) is 18.8 Å². The minimum absolute atomic E-state index is 0.195. The molecule has 1 N–H and O–H groups in total. The van der Waals surface area contributed by atoms with Gasteiger partial charge in [-0.1, -0.05) is 13.8 Å². The molecule has 4 nitrogen and oxygen atoms in total. The second-order valence-electron chi connectivity index (χ2n) is 3.87. The van der Waals surface area contributed by atoms with E-state index < -0.39 is 0 Å². The van der Waals surface area contributed by atoms with Crippen LogP contribution in [0.2, 0.25) is 0 Å². The lowest BCUT2D eigenvalue weighted by Gasteiger charge is -2.11. The van der Waals surface area contributed by atoms with Gasteiger partial charge in [0.25, 0.3) is 0 Å². The van der Waals surface area contributed by atoms with Gasteiger partial charge in [0, 0.05) is 13.2 Å². The normalized spacial score (nSPS) is 12.8. The molecule has 86 valence electrons. The lowest BCUT2D eigenvalue weighted by Crippen LogP contribution is -2.11. The van der Waals surface area contributed by atoms with Crippen LogP contribution in [-0.4, -0.2) is 28.6 Å². The second-order valence-corrected chi connectivity index (χ2v) is 3.87. The zero-order chi connectivity index (χ0) is 11.3. The Kier molecular flexibility index (Phi) is 4.62. The summed E-state index contributed by atoms with van der Waals surface area (Å²) in [5.74, 6) is 1.06. The summed E-state index contributed by atoms with van der Waals surface area (Å²) >= 11 is 0. The van der Waals surface area contributed by atoms with Crippen LogP contribution in [-0.2, 0) is 13.0 Å². The molecule has 0 fully saturated rings. The highest BCUT2D eigenvalue weighted by molar-refractivity contribution is 5.25. The van der Waals surface area contributed by atoms with Crippen LogP contribution in [0.1, 0.15) is 26.0 Å². The van der Waals surface area contributed by atoms with Crippen molar-refractivity contribution in [2.75, 3.05) is 13.7 Å². The number of rotatable bonds is 6. The number of nitrogens with zero attached hydrogens (tertiary/aromatic N) is 2. The predicted molar refractivity (Wildman–Crippen MR) is 59.0 cm³/mol. The van der Waals surface area contributed by atoms with Crippen LogP contribution in [0.5, 0.6) is 5.75 Å². The Morgan fingerprint density at radius 1 is 1.60 bits per heavy atom. The fourth-order valence-electron chi connectivity index (χ4n) is 1.57. The third-order valence-corrected chi connectivity index (χ3v) is 2.42. The average Bonchev–Trinajstić information content (AvgIpc) is 2.61. The maximum Gasteiger partial charge on any atom is 0.159 e. The van der Waals surface area contributed by atoms with Gasteiger partial charge in [0.2, 0.25) is 0 Å². The SMILES string of the molecule is CCCn1ncc(OC)c1CC(C)CO. The van der Waals surface area contributed by atoms with E-state index in [1.54, 1.807) is 13.3 Å². The van der Waals surface area contributed by atoms with Gasteiger partial charge in [-0.25, -0.2) is 0 Å². The Morgan fingerprint density at radius 2 is 2.33 bits per heavy atom. The van der Waals surface area contributed by atoms with Gasteiger partial charge in [0.1, 0.15) is 0 Å². The van der Waals surface area contributed by atoms with Crippen LogP contribution in [0.15, 0.2) is 6.20 Å². The van der Waals surface area contributed by atoms with Gasteiger partial charge in [-0.3, -0.25) is 4.68 Å². The minimum Gasteiger partial charge on any atom is -0.493 e. The molecule has 0 aromatic carbocycles. The smallest absolute Gasteiger partial charge is 0.159 e. The molecule has 4 heteroatoms. The summed E-state index contributed by atoms with van der Waals surface area (Å²) in [6.45, 7) is 5.23. The third kappa shape index (κ3) is 2.96. The van der Waals surface area contributed by atoms with E-state index in [2.05, 4.69) is 12.0 Å². The number of aliphatic hydroxyl groups excluding tert-OH is 1. The summed E-state index contributed by atoms with van der Waals surface area (Å²) < 4.78 is 7.22. The van der Waals surface area contributed by atoms with Gasteiger partial charge in [-0.2, -0.15) is 5.10 Å². The first-order valence-electron chi connectivity index (χ1n) is 5.42. The first kappa shape index (κ1) is 12.0. The van der Waals surface area contributed by atoms with Gasteiger partial charge in [0.05, 0.1) is 19.0 Å². The number of ether oxygens (including phenoxy) is 1. The molecule has 0 aliphatic rings. The van der Waals surface area contributed by atoms with E-state index in [1.165, 1.54) is 0 Å². The topological polar surface area (TPSA) is 47.3 Å². The van der Waals surface area contributed by atoms with Crippen molar-refractivity contribution in [1.82, 2.24) is 9.78 Å². The fourth-order valence-corrected chi connectivity index (χ4v) is 1.57. The summed E-state index contributed by atoms with van der Waals surface area (Å²) in [4.78, 5) is 0. The summed E-state index contributed by atoms with van der Waals surface area (Å²) in [5, 5.41) is 13.3. The van der Waals surface area contributed by atoms with Crippen LogP contribution in [0, 0.1) is 5.92 Å². The lowest BCUT2D eigenvalue weighted by atomic mass is 10.1. The molecule has 0 bridgehead atoms. The van der Waals surface area contributed by atoms with Crippen LogP contribution >= 0.6 is 0 Å². The molecule has 15 heavy (non-hydrogen) atoms. The molecule has 1 rings (SSSR count). The Morgan fingerprint density at radius 3 is 2.87 bits per heavy atom. The van der Waals surface area contributed by atoms with E-state index in [4.69, 9.17) is 9.84 Å². The highest BCUT2D eigenvalue weighted by Crippen LogP contribution is 2.21. The summed E-state index contributed by atoms with van der Waals surface area (Å²) in [6, 6.07) is 0. The lowest BCUT2D eigenvalue weighted by molar-refractivity contribution is 0.233. The van der Waals surface area contributed by atoms with E-state index in [9.17, 15) is 0 Å². The van der Waals surface area contributed by atoms with Crippen molar-refractivity contribution in [2.45, 2.75) is 33.2 Å². The molecule has 1 heterocycles. The second kappa shape index (κ2) is 5.75. The standard InChI is InChI=1S/C11H20N2O2/c1-4-5-13-10(6-9(2)8-14)11(15-3)7-12-13/h7,9,14H,4-6,8H2,1-3H3. The molecule has 1 aromatic heterocycles. The van der Waals surface area contributed by atoms with E-state index in [-0.39, 0.29) is 12.5 Å². The van der Waals surface area contributed by atoms with Crippen molar-refractivity contribution in [2.24, 2.45) is 5.92 Å². The first-order valence-corrected chi connectivity index (χ1v) is 5.42. The van der Waals surface area contributed by atoms with Crippen molar-refractivity contribution in [3.63, 3.8) is 0 Å². The molecule has 0 radical (unpaired) electrons. The first-order chi connectivity index (χ1) is 7.22. The number of aryl methyl sites for hydroxylation is 1. The molecule has 0 saturated carbocycles. The number of methoxy groups -OCH3 is 1. The highest BCUT2D eigenvalue weighted by Gasteiger charge is 2.13.